The van der Waals surface area contributed by atoms with Crippen molar-refractivity contribution in [2.75, 3.05) is 7.11 Å². The number of ether oxygens (including phenoxy) is 1. The Morgan fingerprint density at radius 1 is 0.269 bits per heavy atom. The maximum absolute atomic E-state index is 13.6. The van der Waals surface area contributed by atoms with Gasteiger partial charge < -0.3 is 66.5 Å². The molecule has 0 bridgehead atoms. The van der Waals surface area contributed by atoms with Gasteiger partial charge in [0.1, 0.15) is 57.4 Å². The number of para-hydroxylation sites is 2. The molecule has 0 aliphatic rings. The molecule has 18 aromatic rings. The minimum Gasteiger partial charge on any atom is -0.497 e. The van der Waals surface area contributed by atoms with Gasteiger partial charge in [0, 0.05) is 69.5 Å². The molecule has 0 spiro atoms. The summed E-state index contributed by atoms with van der Waals surface area (Å²) in [4.78, 5) is 91.8. The second kappa shape index (κ2) is 43.1. The maximum atomic E-state index is 13.6. The summed E-state index contributed by atoms with van der Waals surface area (Å²) in [6.45, 7) is 15.7. The lowest BCUT2D eigenvalue weighted by Crippen LogP contribution is -2.26. The molecule has 0 saturated carbocycles. The lowest BCUT2D eigenvalue weighted by molar-refractivity contribution is 0.0927. The van der Waals surface area contributed by atoms with Crippen molar-refractivity contribution in [1.82, 2.24) is 61.8 Å². The van der Waals surface area contributed by atoms with E-state index in [1.807, 2.05) is 268 Å². The second-order valence-electron chi connectivity index (χ2n) is 31.4. The van der Waals surface area contributed by atoms with Crippen LogP contribution in [0, 0.1) is 31.3 Å². The summed E-state index contributed by atoms with van der Waals surface area (Å²) in [5.41, 5.74) is 15.3. The third-order valence-corrected chi connectivity index (χ3v) is 22.5. The first-order valence-electron chi connectivity index (χ1n) is 42.0. The predicted octanol–water partition coefficient (Wildman–Crippen LogP) is 25.0. The van der Waals surface area contributed by atoms with Crippen LogP contribution >= 0.6 is 34.8 Å². The monoisotopic (exact) mass is 1800 g/mol. The highest BCUT2D eigenvalue weighted by atomic mass is 35.5. The number of rotatable bonds is 19. The van der Waals surface area contributed by atoms with Crippen LogP contribution in [-0.2, 0) is 0 Å². The van der Waals surface area contributed by atoms with Crippen LogP contribution in [0.4, 0.5) is 13.2 Å². The molecule has 0 saturated heterocycles. The Hall–Kier alpha value is -14.8. The summed E-state index contributed by atoms with van der Waals surface area (Å²) in [6, 6.07) is 93.5. The predicted molar refractivity (Wildman–Crippen MR) is 515 cm³/mol. The van der Waals surface area contributed by atoms with E-state index in [0.29, 0.717) is 81.9 Å². The molecule has 130 heavy (non-hydrogen) atoms. The molecule has 19 nitrogen and oxygen atoms in total. The number of hydrogen-bond acceptors (Lipinski definition) is 7. The molecule has 6 aromatic heterocycles. The number of methoxy groups -OCH3 is 1. The molecule has 12 aromatic carbocycles. The van der Waals surface area contributed by atoms with E-state index in [1.54, 1.807) is 79.9 Å². The van der Waals surface area contributed by atoms with Gasteiger partial charge in [-0.2, -0.15) is 0 Å². The molecule has 25 heteroatoms. The summed E-state index contributed by atoms with van der Waals surface area (Å²) >= 11 is 17.9. The first kappa shape index (κ1) is 92.8. The summed E-state index contributed by atoms with van der Waals surface area (Å²) < 4.78 is 46.0. The zero-order chi connectivity index (χ0) is 92.2. The van der Waals surface area contributed by atoms with Crippen molar-refractivity contribution in [2.24, 2.45) is 0 Å². The highest BCUT2D eigenvalue weighted by Crippen LogP contribution is 2.29. The lowest BCUT2D eigenvalue weighted by atomic mass is 10.1. The van der Waals surface area contributed by atoms with Crippen LogP contribution in [0.15, 0.2) is 309 Å². The molecule has 0 radical (unpaired) electrons. The van der Waals surface area contributed by atoms with Crippen LogP contribution < -0.4 is 36.6 Å². The highest BCUT2D eigenvalue weighted by molar-refractivity contribution is 6.32. The fourth-order valence-corrected chi connectivity index (χ4v) is 14.9. The van der Waals surface area contributed by atoms with Crippen LogP contribution in [0.2, 0.25) is 15.1 Å². The number of hydrogen-bond donors (Lipinski definition) is 12. The molecule has 6 atom stereocenters. The van der Waals surface area contributed by atoms with Gasteiger partial charge in [-0.1, -0.05) is 228 Å². The van der Waals surface area contributed by atoms with Crippen molar-refractivity contribution >= 4 is 136 Å². The van der Waals surface area contributed by atoms with Crippen LogP contribution in [0.1, 0.15) is 185 Å². The molecule has 6 heterocycles. The zero-order valence-corrected chi connectivity index (χ0v) is 74.8. The molecule has 1 unspecified atom stereocenters. The summed E-state index contributed by atoms with van der Waals surface area (Å²) in [5.74, 6) is -1.41. The standard InChI is InChI=1S/C18H17ClN2O2.2C18H17ClN2O.3C17H15FN2O/c1-11(12-3-6-15(23-2)7-4-12)20-18(22)17-10-13-9-14(19)5-8-16(13)21-17;2*1-11-3-5-13(6-4-11)12(2)20-18(22)17-10-14-9-15(19)7-8-16(14)21-17;1-11(12-6-3-2-4-7-12)19-17(21)16-10-13-14(18)8-5-9-15(13)20-16;2*1-11(12-6-3-2-4-7-12)19-17(21)15-10-13-8-5-9-14(18)16(13)20-15/h3-11,21H,1-2H3,(H,20,22);2*3-10,12,21H,1-2H3,(H,20,22);3*2-11,20H,1H3,(H,19,21)/t;2*12-;3*11-/m.10110/s1. The Balaban J connectivity index is 0.000000133. The van der Waals surface area contributed by atoms with E-state index in [2.05, 4.69) is 61.8 Å². The third-order valence-electron chi connectivity index (χ3n) is 21.8. The van der Waals surface area contributed by atoms with Crippen molar-refractivity contribution in [3.63, 3.8) is 0 Å². The Bertz CT molecular complexity index is 6520. The van der Waals surface area contributed by atoms with Gasteiger partial charge in [-0.15, -0.1) is 0 Å². The molecule has 12 N–H and O–H groups in total. The number of aromatic amines is 6. The number of amides is 6. The summed E-state index contributed by atoms with van der Waals surface area (Å²) in [7, 11) is 1.63. The molecular formula is C105H96Cl3F3N12O7. The molecule has 0 aliphatic heterocycles. The zero-order valence-electron chi connectivity index (χ0n) is 72.5. The normalized spacial score (nSPS) is 12.3. The number of fused-ring (bicyclic) bond motifs is 6. The average molecular weight is 1800 g/mol. The van der Waals surface area contributed by atoms with Gasteiger partial charge in [0.15, 0.2) is 0 Å². The Morgan fingerprint density at radius 3 is 0.831 bits per heavy atom. The van der Waals surface area contributed by atoms with E-state index in [9.17, 15) is 41.9 Å². The lowest BCUT2D eigenvalue weighted by Gasteiger charge is -2.14. The number of aryl methyl sites for hydroxylation is 2. The minimum absolute atomic E-state index is 0.0527. The fourth-order valence-electron chi connectivity index (χ4n) is 14.4. The Morgan fingerprint density at radius 2 is 0.531 bits per heavy atom. The smallest absolute Gasteiger partial charge is 0.268 e. The number of carbonyl (C=O) groups is 6. The van der Waals surface area contributed by atoms with Gasteiger partial charge in [-0.05, 0) is 216 Å². The Kier molecular flexibility index (Phi) is 30.8. The second-order valence-corrected chi connectivity index (χ2v) is 32.7. The largest absolute Gasteiger partial charge is 0.497 e. The number of aromatic nitrogens is 6. The van der Waals surface area contributed by atoms with Gasteiger partial charge in [0.25, 0.3) is 35.4 Å². The maximum Gasteiger partial charge on any atom is 0.268 e. The highest BCUT2D eigenvalue weighted by Gasteiger charge is 2.22. The fraction of sp³-hybridized carbons (Fsp3) is 0.143. The van der Waals surface area contributed by atoms with Crippen LogP contribution in [-0.4, -0.2) is 72.5 Å². The number of halogens is 6. The molecule has 0 fully saturated rings. The van der Waals surface area contributed by atoms with Gasteiger partial charge in [0.2, 0.25) is 0 Å². The Labute approximate surface area is 764 Å². The molecule has 0 aliphatic carbocycles. The van der Waals surface area contributed by atoms with Crippen LogP contribution in [0.5, 0.6) is 5.75 Å². The number of H-pyrrole nitrogens is 6. The van der Waals surface area contributed by atoms with E-state index in [1.165, 1.54) is 35.4 Å². The van der Waals surface area contributed by atoms with Gasteiger partial charge in [-0.25, -0.2) is 13.2 Å². The molecule has 6 amide bonds. The topological polar surface area (TPSA) is 279 Å². The average Bonchev–Trinajstić information content (AvgIpc) is 1.65. The van der Waals surface area contributed by atoms with E-state index < -0.39 is 0 Å². The first-order chi connectivity index (χ1) is 62.6. The van der Waals surface area contributed by atoms with E-state index in [0.717, 1.165) is 71.8 Å². The number of carbonyl (C=O) groups excluding carboxylic acids is 6. The van der Waals surface area contributed by atoms with Crippen LogP contribution in [0.25, 0.3) is 65.4 Å². The summed E-state index contributed by atoms with van der Waals surface area (Å²) in [5, 5.41) is 24.2. The van der Waals surface area contributed by atoms with Crippen molar-refractivity contribution in [1.29, 1.82) is 0 Å². The first-order valence-corrected chi connectivity index (χ1v) is 43.1. The van der Waals surface area contributed by atoms with Crippen LogP contribution in [0.3, 0.4) is 0 Å². The minimum atomic E-state index is -0.359. The van der Waals surface area contributed by atoms with Gasteiger partial charge in [0.05, 0.1) is 54.4 Å². The SMILES string of the molecule is COc1ccc(C(C)NC(=O)c2cc3cc(Cl)ccc3[nH]2)cc1.C[C@@H](NC(=O)c1cc2c(F)cccc2[nH]1)c1ccccc1.C[C@@H](NC(=O)c1cc2cccc(F)c2[nH]1)c1ccccc1.C[C@H](NC(=O)c1cc2cccc(F)c2[nH]1)c1ccccc1.Cc1ccc([C@@H](C)NC(=O)c2cc3cc(Cl)ccc3[nH]2)cc1.Cc1ccc([C@H](C)NC(=O)c2cc3cc(Cl)ccc3[nH]2)cc1. The van der Waals surface area contributed by atoms with Crippen molar-refractivity contribution in [3.05, 3.63) is 421 Å². The quantitative estimate of drug-likeness (QED) is 0.0372. The van der Waals surface area contributed by atoms with E-state index in [-0.39, 0.29) is 89.1 Å². The molecule has 18 rings (SSSR count). The molecular weight excluding hydrogens is 1700 g/mol. The van der Waals surface area contributed by atoms with Crippen molar-refractivity contribution < 1.29 is 46.7 Å². The van der Waals surface area contributed by atoms with Crippen molar-refractivity contribution in [2.45, 2.75) is 91.6 Å². The van der Waals surface area contributed by atoms with Gasteiger partial charge >= 0.3 is 0 Å². The third kappa shape index (κ3) is 24.3. The molecule has 660 valence electrons. The summed E-state index contributed by atoms with van der Waals surface area (Å²) in [6.07, 6.45) is 0. The number of benzene rings is 12. The van der Waals surface area contributed by atoms with Crippen molar-refractivity contribution in [3.8, 4) is 5.75 Å². The number of nitrogens with one attached hydrogen (secondary N) is 12. The van der Waals surface area contributed by atoms with E-state index in [4.69, 9.17) is 39.5 Å². The van der Waals surface area contributed by atoms with E-state index >= 15 is 0 Å². The van der Waals surface area contributed by atoms with Gasteiger partial charge in [-0.3, -0.25) is 28.8 Å².